The van der Waals surface area contributed by atoms with E-state index in [1.165, 1.54) is 10.9 Å². The van der Waals surface area contributed by atoms with Crippen LogP contribution in [0.15, 0.2) is 54.9 Å². The van der Waals surface area contributed by atoms with E-state index in [4.69, 9.17) is 4.98 Å². The van der Waals surface area contributed by atoms with Crippen molar-refractivity contribution in [2.24, 2.45) is 0 Å². The average molecular weight is 423 g/mol. The van der Waals surface area contributed by atoms with E-state index >= 15 is 0 Å². The van der Waals surface area contributed by atoms with Crippen molar-refractivity contribution in [3.63, 3.8) is 0 Å². The van der Waals surface area contributed by atoms with Crippen LogP contribution in [0.5, 0.6) is 0 Å². The summed E-state index contributed by atoms with van der Waals surface area (Å²) in [5.41, 5.74) is 3.56. The number of benzene rings is 1. The van der Waals surface area contributed by atoms with Gasteiger partial charge in [-0.25, -0.2) is 4.98 Å². The molecule has 0 fully saturated rings. The van der Waals surface area contributed by atoms with Gasteiger partial charge in [-0.3, -0.25) is 14.7 Å². The van der Waals surface area contributed by atoms with Crippen LogP contribution in [-0.2, 0) is 13.0 Å². The molecule has 4 heterocycles. The molecule has 0 bridgehead atoms. The number of anilines is 1. The average Bonchev–Trinajstić information content (AvgIpc) is 3.25. The zero-order valence-electron chi connectivity index (χ0n) is 17.6. The third-order valence-electron chi connectivity index (χ3n) is 5.79. The Balaban J connectivity index is 1.63. The number of carbonyl (C=O) groups excluding carboxylic acids is 1. The van der Waals surface area contributed by atoms with Crippen LogP contribution in [-0.4, -0.2) is 43.6 Å². The molecule has 1 amide bonds. The fourth-order valence-corrected chi connectivity index (χ4v) is 4.15. The number of hydrogen-bond donors (Lipinski definition) is 1. The Morgan fingerprint density at radius 2 is 2.06 bits per heavy atom. The highest BCUT2D eigenvalue weighted by Gasteiger charge is 2.26. The maximum atomic E-state index is 13.7. The Hall–Kier alpha value is -4.09. The highest BCUT2D eigenvalue weighted by Crippen LogP contribution is 2.29. The van der Waals surface area contributed by atoms with Crippen molar-refractivity contribution >= 4 is 22.6 Å². The van der Waals surface area contributed by atoms with E-state index in [0.29, 0.717) is 23.7 Å². The number of amides is 1. The highest BCUT2D eigenvalue weighted by atomic mass is 16.1. The fourth-order valence-electron chi connectivity index (χ4n) is 4.15. The van der Waals surface area contributed by atoms with Crippen LogP contribution < -0.4 is 5.32 Å². The number of nitrogens with one attached hydrogen (secondary N) is 1. The second kappa shape index (κ2) is 8.21. The Morgan fingerprint density at radius 3 is 2.84 bits per heavy atom. The van der Waals surface area contributed by atoms with Crippen LogP contribution in [0.2, 0.25) is 0 Å². The lowest BCUT2D eigenvalue weighted by Crippen LogP contribution is -2.33. The number of rotatable bonds is 4. The molecule has 0 atom stereocenters. The van der Waals surface area contributed by atoms with Crippen LogP contribution in [0, 0.1) is 11.3 Å². The van der Waals surface area contributed by atoms with Crippen molar-refractivity contribution < 1.29 is 4.79 Å². The molecule has 5 rings (SSSR count). The quantitative estimate of drug-likeness (QED) is 0.541. The largest absolute Gasteiger partial charge is 0.305 e. The summed E-state index contributed by atoms with van der Waals surface area (Å²) in [5.74, 6) is 0.532. The molecule has 158 valence electrons. The molecule has 1 aliphatic rings. The highest BCUT2D eigenvalue weighted by molar-refractivity contribution is 6.13. The SMILES string of the molecule is CCN1CCc2nc3ccccc3c(C(=O)Nc3c(C#N)cnn3-c3ccccn3)c2C1. The number of fused-ring (bicyclic) bond motifs is 2. The van der Waals surface area contributed by atoms with Crippen molar-refractivity contribution in [1.82, 2.24) is 24.6 Å². The van der Waals surface area contributed by atoms with E-state index in [9.17, 15) is 10.1 Å². The summed E-state index contributed by atoms with van der Waals surface area (Å²) in [4.78, 5) is 25.2. The first-order chi connectivity index (χ1) is 15.7. The minimum absolute atomic E-state index is 0.270. The predicted octanol–water partition coefficient (Wildman–Crippen LogP) is 3.32. The first kappa shape index (κ1) is 19.8. The normalized spacial score (nSPS) is 13.5. The molecule has 3 aromatic heterocycles. The number of nitriles is 1. The van der Waals surface area contributed by atoms with Crippen LogP contribution in [0.25, 0.3) is 16.7 Å². The molecule has 8 nitrogen and oxygen atoms in total. The van der Waals surface area contributed by atoms with Crippen LogP contribution >= 0.6 is 0 Å². The maximum Gasteiger partial charge on any atom is 0.257 e. The number of nitrogens with zero attached hydrogens (tertiary/aromatic N) is 6. The second-order valence-corrected chi connectivity index (χ2v) is 7.62. The Bertz CT molecular complexity index is 1350. The number of likely N-dealkylation sites (N-methyl/N-ethyl adjacent to an activating group) is 1. The van der Waals surface area contributed by atoms with E-state index in [2.05, 4.69) is 33.3 Å². The van der Waals surface area contributed by atoms with Gasteiger partial charge in [0, 0.05) is 42.4 Å². The molecule has 32 heavy (non-hydrogen) atoms. The van der Waals surface area contributed by atoms with Gasteiger partial charge in [0.15, 0.2) is 11.6 Å². The van der Waals surface area contributed by atoms with Gasteiger partial charge in [0.25, 0.3) is 5.91 Å². The lowest BCUT2D eigenvalue weighted by molar-refractivity contribution is 0.102. The zero-order chi connectivity index (χ0) is 22.1. The van der Waals surface area contributed by atoms with Crippen LogP contribution in [0.3, 0.4) is 0 Å². The number of hydrogen-bond acceptors (Lipinski definition) is 6. The van der Waals surface area contributed by atoms with E-state index in [1.54, 1.807) is 18.3 Å². The van der Waals surface area contributed by atoms with Gasteiger partial charge in [0.05, 0.1) is 17.3 Å². The number of carbonyl (C=O) groups is 1. The third kappa shape index (κ3) is 3.39. The van der Waals surface area contributed by atoms with Crippen molar-refractivity contribution in [3.05, 3.63) is 77.2 Å². The van der Waals surface area contributed by atoms with Crippen molar-refractivity contribution in [1.29, 1.82) is 5.26 Å². The minimum Gasteiger partial charge on any atom is -0.305 e. The topological polar surface area (TPSA) is 99.7 Å². The summed E-state index contributed by atoms with van der Waals surface area (Å²) >= 11 is 0. The van der Waals surface area contributed by atoms with Crippen molar-refractivity contribution in [2.45, 2.75) is 19.9 Å². The fraction of sp³-hybridized carbons (Fsp3) is 0.208. The van der Waals surface area contributed by atoms with Gasteiger partial charge in [0.2, 0.25) is 0 Å². The summed E-state index contributed by atoms with van der Waals surface area (Å²) in [7, 11) is 0. The third-order valence-corrected chi connectivity index (χ3v) is 5.79. The summed E-state index contributed by atoms with van der Waals surface area (Å²) in [6, 6.07) is 15.2. The molecule has 1 aliphatic heterocycles. The molecule has 1 aromatic carbocycles. The second-order valence-electron chi connectivity index (χ2n) is 7.62. The Labute approximate surface area is 185 Å². The smallest absolute Gasteiger partial charge is 0.257 e. The molecular formula is C24H21N7O. The first-order valence-corrected chi connectivity index (χ1v) is 10.5. The van der Waals surface area contributed by atoms with Crippen LogP contribution in [0.1, 0.15) is 34.1 Å². The summed E-state index contributed by atoms with van der Waals surface area (Å²) in [5, 5.41) is 17.6. The summed E-state index contributed by atoms with van der Waals surface area (Å²) < 4.78 is 1.48. The van der Waals surface area contributed by atoms with E-state index in [1.807, 2.05) is 30.3 Å². The summed E-state index contributed by atoms with van der Waals surface area (Å²) in [6.07, 6.45) is 3.87. The Morgan fingerprint density at radius 1 is 1.22 bits per heavy atom. The van der Waals surface area contributed by atoms with Gasteiger partial charge in [-0.05, 0) is 24.7 Å². The molecule has 4 aromatic rings. The van der Waals surface area contributed by atoms with Gasteiger partial charge in [-0.15, -0.1) is 0 Å². The molecule has 0 spiro atoms. The van der Waals surface area contributed by atoms with Crippen molar-refractivity contribution in [3.8, 4) is 11.9 Å². The van der Waals surface area contributed by atoms with E-state index in [-0.39, 0.29) is 11.5 Å². The number of para-hydroxylation sites is 1. The van der Waals surface area contributed by atoms with Gasteiger partial charge in [0.1, 0.15) is 11.6 Å². The van der Waals surface area contributed by atoms with Crippen molar-refractivity contribution in [2.75, 3.05) is 18.4 Å². The Kier molecular flexibility index (Phi) is 5.09. The van der Waals surface area contributed by atoms with Gasteiger partial charge < -0.3 is 5.32 Å². The number of aromatic nitrogens is 4. The lowest BCUT2D eigenvalue weighted by atomic mass is 9.95. The first-order valence-electron chi connectivity index (χ1n) is 10.5. The molecule has 0 saturated carbocycles. The lowest BCUT2D eigenvalue weighted by Gasteiger charge is -2.29. The molecule has 1 N–H and O–H groups in total. The van der Waals surface area contributed by atoms with E-state index in [0.717, 1.165) is 41.7 Å². The maximum absolute atomic E-state index is 13.7. The molecule has 0 aliphatic carbocycles. The number of pyridine rings is 2. The monoisotopic (exact) mass is 423 g/mol. The zero-order valence-corrected chi connectivity index (χ0v) is 17.6. The summed E-state index contributed by atoms with van der Waals surface area (Å²) in [6.45, 7) is 4.60. The van der Waals surface area contributed by atoms with Gasteiger partial charge in [-0.1, -0.05) is 31.2 Å². The predicted molar refractivity (Wildman–Crippen MR) is 120 cm³/mol. The molecular weight excluding hydrogens is 402 g/mol. The minimum atomic E-state index is -0.285. The van der Waals surface area contributed by atoms with Crippen LogP contribution in [0.4, 0.5) is 5.82 Å². The van der Waals surface area contributed by atoms with Gasteiger partial charge in [-0.2, -0.15) is 15.0 Å². The molecule has 0 unspecified atom stereocenters. The standard InChI is InChI=1S/C24H21N7O/c1-2-30-12-10-20-18(15-30)22(17-7-3-4-8-19(17)28-20)24(32)29-23-16(13-25)14-27-31(23)21-9-5-6-11-26-21/h3-9,11,14H,2,10,12,15H2,1H3,(H,29,32). The molecule has 8 heteroatoms. The van der Waals surface area contributed by atoms with Gasteiger partial charge >= 0.3 is 0 Å². The molecule has 0 radical (unpaired) electrons. The molecule has 0 saturated heterocycles. The van der Waals surface area contributed by atoms with E-state index < -0.39 is 0 Å².